The molecule has 1 heterocycles. The predicted molar refractivity (Wildman–Crippen MR) is 57.5 cm³/mol. The predicted octanol–water partition coefficient (Wildman–Crippen LogP) is 2.33. The number of aldehydes is 1. The number of likely N-dealkylation sites (tertiary alicyclic amines) is 1. The lowest BCUT2D eigenvalue weighted by molar-refractivity contribution is -0.134. The summed E-state index contributed by atoms with van der Waals surface area (Å²) >= 11 is 0. The molecule has 2 nitrogen and oxygen atoms in total. The fraction of sp³-hybridized carbons (Fsp3) is 0.917. The number of hydrogen-bond acceptors (Lipinski definition) is 2. The molecule has 1 saturated heterocycles. The molecule has 2 aliphatic rings. The number of nitrogens with zero attached hydrogens (tertiary/aromatic N) is 1. The normalized spacial score (nSPS) is 39.1. The van der Waals surface area contributed by atoms with Crippen molar-refractivity contribution in [3.8, 4) is 0 Å². The summed E-state index contributed by atoms with van der Waals surface area (Å²) in [5.41, 5.74) is 0. The minimum absolute atomic E-state index is 0.109. The van der Waals surface area contributed by atoms with Crippen LogP contribution in [0.2, 0.25) is 0 Å². The standard InChI is InChI=1S/C12H19F2NO/c1-2-10-3-4-15(8-12(10,13)14)11-5-9(6-11)7-16/h7,9-11H,2-6,8H2,1H3. The fourth-order valence-electron chi connectivity index (χ4n) is 2.87. The third kappa shape index (κ3) is 2.12. The highest BCUT2D eigenvalue weighted by Gasteiger charge is 2.46. The Balaban J connectivity index is 1.89. The van der Waals surface area contributed by atoms with Crippen LogP contribution < -0.4 is 0 Å². The Bertz CT molecular complexity index is 264. The third-order valence-corrected chi connectivity index (χ3v) is 4.13. The van der Waals surface area contributed by atoms with Crippen LogP contribution in [0.15, 0.2) is 0 Å². The van der Waals surface area contributed by atoms with Gasteiger partial charge in [-0.1, -0.05) is 6.92 Å². The van der Waals surface area contributed by atoms with Crippen molar-refractivity contribution < 1.29 is 13.6 Å². The number of piperidine rings is 1. The first-order valence-corrected chi connectivity index (χ1v) is 6.14. The Morgan fingerprint density at radius 2 is 2.12 bits per heavy atom. The Kier molecular flexibility index (Phi) is 3.29. The summed E-state index contributed by atoms with van der Waals surface area (Å²) < 4.78 is 27.4. The molecule has 0 radical (unpaired) electrons. The molecular weight excluding hydrogens is 212 g/mol. The van der Waals surface area contributed by atoms with Gasteiger partial charge < -0.3 is 4.79 Å². The van der Waals surface area contributed by atoms with Gasteiger partial charge in [0.2, 0.25) is 0 Å². The van der Waals surface area contributed by atoms with Crippen LogP contribution in [0.4, 0.5) is 8.78 Å². The number of alkyl halides is 2. The number of carbonyl (C=O) groups excluding carboxylic acids is 1. The van der Waals surface area contributed by atoms with Crippen LogP contribution in [0.5, 0.6) is 0 Å². The van der Waals surface area contributed by atoms with E-state index in [0.717, 1.165) is 25.7 Å². The molecule has 0 N–H and O–H groups in total. The van der Waals surface area contributed by atoms with Crippen LogP contribution in [0.3, 0.4) is 0 Å². The monoisotopic (exact) mass is 231 g/mol. The van der Waals surface area contributed by atoms with Gasteiger partial charge in [0.15, 0.2) is 0 Å². The quantitative estimate of drug-likeness (QED) is 0.695. The van der Waals surface area contributed by atoms with E-state index in [1.54, 1.807) is 0 Å². The van der Waals surface area contributed by atoms with Crippen LogP contribution in [0.1, 0.15) is 32.6 Å². The average molecular weight is 231 g/mol. The molecule has 0 aromatic rings. The summed E-state index contributed by atoms with van der Waals surface area (Å²) in [6.07, 6.45) is 3.65. The van der Waals surface area contributed by atoms with Crippen molar-refractivity contribution in [1.29, 1.82) is 0 Å². The first kappa shape index (κ1) is 12.0. The van der Waals surface area contributed by atoms with Crippen molar-refractivity contribution in [1.82, 2.24) is 4.90 Å². The lowest BCUT2D eigenvalue weighted by atomic mass is 9.78. The van der Waals surface area contributed by atoms with Gasteiger partial charge in [-0.25, -0.2) is 8.78 Å². The van der Waals surface area contributed by atoms with Gasteiger partial charge in [0.1, 0.15) is 6.29 Å². The topological polar surface area (TPSA) is 20.3 Å². The molecule has 4 heteroatoms. The maximum atomic E-state index is 13.7. The minimum Gasteiger partial charge on any atom is -0.303 e. The molecule has 1 unspecified atom stereocenters. The first-order chi connectivity index (χ1) is 7.56. The summed E-state index contributed by atoms with van der Waals surface area (Å²) in [4.78, 5) is 12.4. The second-order valence-electron chi connectivity index (χ2n) is 5.15. The van der Waals surface area contributed by atoms with Crippen LogP contribution in [-0.2, 0) is 4.79 Å². The van der Waals surface area contributed by atoms with Crippen molar-refractivity contribution in [3.05, 3.63) is 0 Å². The molecular formula is C12H19F2NO. The largest absolute Gasteiger partial charge is 0.303 e. The van der Waals surface area contributed by atoms with Crippen LogP contribution in [-0.4, -0.2) is 36.2 Å². The van der Waals surface area contributed by atoms with Gasteiger partial charge in [-0.05, 0) is 32.2 Å². The van der Waals surface area contributed by atoms with Gasteiger partial charge >= 0.3 is 0 Å². The van der Waals surface area contributed by atoms with E-state index in [0.29, 0.717) is 12.8 Å². The molecule has 1 saturated carbocycles. The number of halogens is 2. The number of rotatable bonds is 3. The highest BCUT2D eigenvalue weighted by Crippen LogP contribution is 2.39. The molecule has 0 amide bonds. The van der Waals surface area contributed by atoms with Gasteiger partial charge in [0.05, 0.1) is 6.54 Å². The van der Waals surface area contributed by atoms with Crippen molar-refractivity contribution in [3.63, 3.8) is 0 Å². The summed E-state index contributed by atoms with van der Waals surface area (Å²) in [6.45, 7) is 2.49. The van der Waals surface area contributed by atoms with E-state index in [1.165, 1.54) is 0 Å². The Labute approximate surface area is 95.0 Å². The second-order valence-corrected chi connectivity index (χ2v) is 5.15. The maximum Gasteiger partial charge on any atom is 0.263 e. The zero-order chi connectivity index (χ0) is 11.8. The van der Waals surface area contributed by atoms with Crippen molar-refractivity contribution >= 4 is 6.29 Å². The van der Waals surface area contributed by atoms with Crippen LogP contribution in [0.25, 0.3) is 0 Å². The number of carbonyl (C=O) groups is 1. The molecule has 1 aliphatic carbocycles. The van der Waals surface area contributed by atoms with E-state index in [4.69, 9.17) is 0 Å². The summed E-state index contributed by atoms with van der Waals surface area (Å²) in [7, 11) is 0. The molecule has 1 aliphatic heterocycles. The highest BCUT2D eigenvalue weighted by atomic mass is 19.3. The van der Waals surface area contributed by atoms with Gasteiger partial charge in [-0.15, -0.1) is 0 Å². The molecule has 92 valence electrons. The molecule has 0 bridgehead atoms. The highest BCUT2D eigenvalue weighted by molar-refractivity contribution is 5.55. The smallest absolute Gasteiger partial charge is 0.263 e. The molecule has 2 fully saturated rings. The molecule has 0 spiro atoms. The Morgan fingerprint density at radius 3 is 2.62 bits per heavy atom. The van der Waals surface area contributed by atoms with Crippen LogP contribution in [0, 0.1) is 11.8 Å². The zero-order valence-corrected chi connectivity index (χ0v) is 9.66. The third-order valence-electron chi connectivity index (χ3n) is 4.13. The SMILES string of the molecule is CCC1CCN(C2CC(C=O)C2)CC1(F)F. The Morgan fingerprint density at radius 1 is 1.44 bits per heavy atom. The Hall–Kier alpha value is -0.510. The first-order valence-electron chi connectivity index (χ1n) is 6.14. The van der Waals surface area contributed by atoms with Gasteiger partial charge in [0, 0.05) is 17.9 Å². The second kappa shape index (κ2) is 4.40. The summed E-state index contributed by atoms with van der Waals surface area (Å²) in [5, 5.41) is 0. The lowest BCUT2D eigenvalue weighted by Crippen LogP contribution is -2.55. The minimum atomic E-state index is -2.54. The summed E-state index contributed by atoms with van der Waals surface area (Å²) in [6, 6.07) is 0.221. The van der Waals surface area contributed by atoms with Gasteiger partial charge in [-0.2, -0.15) is 0 Å². The van der Waals surface area contributed by atoms with Crippen molar-refractivity contribution in [2.24, 2.45) is 11.8 Å². The van der Waals surface area contributed by atoms with E-state index in [9.17, 15) is 13.6 Å². The molecule has 16 heavy (non-hydrogen) atoms. The molecule has 2 rings (SSSR count). The van der Waals surface area contributed by atoms with E-state index in [-0.39, 0.29) is 18.5 Å². The molecule has 0 aromatic heterocycles. The van der Waals surface area contributed by atoms with E-state index in [1.807, 2.05) is 11.8 Å². The fourth-order valence-corrected chi connectivity index (χ4v) is 2.87. The van der Waals surface area contributed by atoms with Crippen molar-refractivity contribution in [2.75, 3.05) is 13.1 Å². The average Bonchev–Trinajstić information content (AvgIpc) is 2.15. The van der Waals surface area contributed by atoms with E-state index < -0.39 is 11.8 Å². The van der Waals surface area contributed by atoms with Crippen molar-refractivity contribution in [2.45, 2.75) is 44.6 Å². The van der Waals surface area contributed by atoms with Crippen LogP contribution >= 0.6 is 0 Å². The van der Waals surface area contributed by atoms with E-state index in [2.05, 4.69) is 0 Å². The number of hydrogen-bond donors (Lipinski definition) is 0. The van der Waals surface area contributed by atoms with Gasteiger partial charge in [0.25, 0.3) is 5.92 Å². The maximum absolute atomic E-state index is 13.7. The molecule has 1 atom stereocenters. The van der Waals surface area contributed by atoms with Gasteiger partial charge in [-0.3, -0.25) is 4.90 Å². The summed E-state index contributed by atoms with van der Waals surface area (Å²) in [5.74, 6) is -2.88. The lowest BCUT2D eigenvalue weighted by Gasteiger charge is -2.46. The van der Waals surface area contributed by atoms with E-state index >= 15 is 0 Å². The molecule has 0 aromatic carbocycles. The zero-order valence-electron chi connectivity index (χ0n) is 9.66.